The summed E-state index contributed by atoms with van der Waals surface area (Å²) in [6.07, 6.45) is 6.47. The maximum Gasteiger partial charge on any atom is 0.0239 e. The molecule has 0 bridgehead atoms. The van der Waals surface area contributed by atoms with Crippen LogP contribution in [0.5, 0.6) is 0 Å². The van der Waals surface area contributed by atoms with E-state index in [0.29, 0.717) is 6.42 Å². The molecule has 0 heterocycles. The second-order valence-corrected chi connectivity index (χ2v) is 2.38. The van der Waals surface area contributed by atoms with Crippen molar-refractivity contribution in [3.05, 3.63) is 0 Å². The van der Waals surface area contributed by atoms with Crippen LogP contribution in [0, 0.1) is 12.3 Å². The lowest BCUT2D eigenvalue weighted by Gasteiger charge is -2.09. The van der Waals surface area contributed by atoms with Crippen molar-refractivity contribution in [2.75, 3.05) is 0 Å². The summed E-state index contributed by atoms with van der Waals surface area (Å²) in [5, 5.41) is 0. The Kier molecular flexibility index (Phi) is 4.12. The van der Waals surface area contributed by atoms with Gasteiger partial charge in [-0.2, -0.15) is 0 Å². The first-order valence-electron chi connectivity index (χ1n) is 3.11. The lowest BCUT2D eigenvalue weighted by atomic mass is 10.1. The van der Waals surface area contributed by atoms with E-state index < -0.39 is 0 Å². The molecule has 0 aromatic rings. The van der Waals surface area contributed by atoms with Crippen LogP contribution in [0.4, 0.5) is 0 Å². The topological polar surface area (TPSA) is 52.0 Å². The molecule has 2 atom stereocenters. The van der Waals surface area contributed by atoms with Crippen molar-refractivity contribution in [1.82, 2.24) is 0 Å². The van der Waals surface area contributed by atoms with Gasteiger partial charge in [0.15, 0.2) is 0 Å². The molecule has 0 aliphatic heterocycles. The molecule has 2 unspecified atom stereocenters. The Labute approximate surface area is 56.6 Å². The van der Waals surface area contributed by atoms with Gasteiger partial charge in [0.05, 0.1) is 0 Å². The molecule has 0 aromatic heterocycles. The Morgan fingerprint density at radius 2 is 2.11 bits per heavy atom. The zero-order valence-electron chi connectivity index (χ0n) is 5.80. The van der Waals surface area contributed by atoms with Gasteiger partial charge in [-0.1, -0.05) is 0 Å². The van der Waals surface area contributed by atoms with E-state index in [9.17, 15) is 0 Å². The molecule has 9 heavy (non-hydrogen) atoms. The molecule has 0 aromatic carbocycles. The Morgan fingerprint density at radius 1 is 1.56 bits per heavy atom. The second kappa shape index (κ2) is 4.37. The van der Waals surface area contributed by atoms with Crippen LogP contribution in [0.25, 0.3) is 0 Å². The van der Waals surface area contributed by atoms with Crippen molar-refractivity contribution in [3.63, 3.8) is 0 Å². The van der Waals surface area contributed by atoms with E-state index in [-0.39, 0.29) is 12.1 Å². The lowest BCUT2D eigenvalue weighted by Crippen LogP contribution is -2.28. The first kappa shape index (κ1) is 8.48. The van der Waals surface area contributed by atoms with E-state index in [0.717, 1.165) is 6.42 Å². The van der Waals surface area contributed by atoms with Gasteiger partial charge < -0.3 is 11.5 Å². The van der Waals surface area contributed by atoms with Crippen molar-refractivity contribution in [2.45, 2.75) is 31.8 Å². The first-order valence-corrected chi connectivity index (χ1v) is 3.11. The maximum absolute atomic E-state index is 5.56. The lowest BCUT2D eigenvalue weighted by molar-refractivity contribution is 0.556. The standard InChI is InChI=1S/C7H14N2/c1-3-4-7(9)5-6(2)8/h1,6-7H,4-5,8-9H2,2H3. The minimum Gasteiger partial charge on any atom is -0.328 e. The van der Waals surface area contributed by atoms with Crippen LogP contribution in [0.1, 0.15) is 19.8 Å². The minimum atomic E-state index is 0.0787. The van der Waals surface area contributed by atoms with E-state index in [1.54, 1.807) is 0 Å². The summed E-state index contributed by atoms with van der Waals surface area (Å²) in [6, 6.07) is 0.239. The van der Waals surface area contributed by atoms with E-state index >= 15 is 0 Å². The van der Waals surface area contributed by atoms with Gasteiger partial charge in [-0.05, 0) is 13.3 Å². The fourth-order valence-corrected chi connectivity index (χ4v) is 0.712. The number of nitrogens with two attached hydrogens (primary N) is 2. The number of hydrogen-bond acceptors (Lipinski definition) is 2. The number of rotatable bonds is 3. The molecule has 0 amide bonds. The zero-order chi connectivity index (χ0) is 7.28. The smallest absolute Gasteiger partial charge is 0.0239 e. The third-order valence-corrected chi connectivity index (χ3v) is 1.05. The largest absolute Gasteiger partial charge is 0.328 e. The summed E-state index contributed by atoms with van der Waals surface area (Å²) < 4.78 is 0. The molecule has 0 radical (unpaired) electrons. The van der Waals surface area contributed by atoms with Gasteiger partial charge in [-0.15, -0.1) is 12.3 Å². The van der Waals surface area contributed by atoms with Crippen LogP contribution in [0.3, 0.4) is 0 Å². The van der Waals surface area contributed by atoms with Crippen LogP contribution in [-0.4, -0.2) is 12.1 Å². The molecule has 52 valence electrons. The highest BCUT2D eigenvalue weighted by Gasteiger charge is 2.02. The monoisotopic (exact) mass is 126 g/mol. The van der Waals surface area contributed by atoms with E-state index in [1.807, 2.05) is 6.92 Å². The highest BCUT2D eigenvalue weighted by atomic mass is 14.7. The molecule has 2 nitrogen and oxygen atoms in total. The average Bonchev–Trinajstić information content (AvgIpc) is 1.63. The van der Waals surface area contributed by atoms with Gasteiger partial charge in [0.2, 0.25) is 0 Å². The zero-order valence-corrected chi connectivity index (χ0v) is 5.80. The predicted molar refractivity (Wildman–Crippen MR) is 39.7 cm³/mol. The summed E-state index contributed by atoms with van der Waals surface area (Å²) in [5.41, 5.74) is 11.0. The summed E-state index contributed by atoms with van der Waals surface area (Å²) in [6.45, 7) is 1.93. The summed E-state index contributed by atoms with van der Waals surface area (Å²) >= 11 is 0. The number of terminal acetylenes is 1. The fourth-order valence-electron chi connectivity index (χ4n) is 0.712. The quantitative estimate of drug-likeness (QED) is 0.526. The van der Waals surface area contributed by atoms with Gasteiger partial charge >= 0.3 is 0 Å². The molecule has 0 fully saturated rings. The third kappa shape index (κ3) is 5.35. The van der Waals surface area contributed by atoms with Crippen LogP contribution < -0.4 is 11.5 Å². The molecule has 0 aliphatic rings. The third-order valence-electron chi connectivity index (χ3n) is 1.05. The molecule has 4 N–H and O–H groups in total. The SMILES string of the molecule is C#CCC(N)CC(C)N. The highest BCUT2D eigenvalue weighted by molar-refractivity contribution is 4.89. The Morgan fingerprint density at radius 3 is 2.44 bits per heavy atom. The normalized spacial score (nSPS) is 16.2. The van der Waals surface area contributed by atoms with Crippen LogP contribution in [0.2, 0.25) is 0 Å². The van der Waals surface area contributed by atoms with Gasteiger partial charge in [0.25, 0.3) is 0 Å². The molecule has 0 aliphatic carbocycles. The molecule has 0 saturated carbocycles. The minimum absolute atomic E-state index is 0.0787. The number of hydrogen-bond donors (Lipinski definition) is 2. The van der Waals surface area contributed by atoms with Crippen molar-refractivity contribution in [2.24, 2.45) is 11.5 Å². The second-order valence-electron chi connectivity index (χ2n) is 2.38. The van der Waals surface area contributed by atoms with Crippen molar-refractivity contribution >= 4 is 0 Å². The van der Waals surface area contributed by atoms with Gasteiger partial charge in [0.1, 0.15) is 0 Å². The summed E-state index contributed by atoms with van der Waals surface area (Å²) in [7, 11) is 0. The molecular weight excluding hydrogens is 112 g/mol. The van der Waals surface area contributed by atoms with Crippen molar-refractivity contribution in [1.29, 1.82) is 0 Å². The Bertz CT molecular complexity index is 102. The average molecular weight is 126 g/mol. The van der Waals surface area contributed by atoms with Crippen molar-refractivity contribution in [3.8, 4) is 12.3 Å². The highest BCUT2D eigenvalue weighted by Crippen LogP contribution is 1.95. The molecular formula is C7H14N2. The molecule has 0 saturated heterocycles. The van der Waals surface area contributed by atoms with Crippen LogP contribution in [-0.2, 0) is 0 Å². The van der Waals surface area contributed by atoms with Crippen LogP contribution >= 0.6 is 0 Å². The van der Waals surface area contributed by atoms with E-state index in [4.69, 9.17) is 17.9 Å². The Hall–Kier alpha value is -0.520. The van der Waals surface area contributed by atoms with Crippen LogP contribution in [0.15, 0.2) is 0 Å². The van der Waals surface area contributed by atoms with Gasteiger partial charge in [-0.3, -0.25) is 0 Å². The Balaban J connectivity index is 3.29. The molecule has 0 spiro atoms. The molecule has 0 rings (SSSR count). The maximum atomic E-state index is 5.56. The summed E-state index contributed by atoms with van der Waals surface area (Å²) in [4.78, 5) is 0. The van der Waals surface area contributed by atoms with E-state index in [2.05, 4.69) is 5.92 Å². The fraction of sp³-hybridized carbons (Fsp3) is 0.714. The van der Waals surface area contributed by atoms with Gasteiger partial charge in [-0.25, -0.2) is 0 Å². The van der Waals surface area contributed by atoms with Crippen molar-refractivity contribution < 1.29 is 0 Å². The van der Waals surface area contributed by atoms with E-state index in [1.165, 1.54) is 0 Å². The predicted octanol–water partition coefficient (Wildman–Crippen LogP) is 0.0743. The molecule has 2 heteroatoms. The van der Waals surface area contributed by atoms with Gasteiger partial charge in [0, 0.05) is 18.5 Å². The first-order chi connectivity index (χ1) is 4.16. The summed E-state index contributed by atoms with van der Waals surface area (Å²) in [5.74, 6) is 2.49.